The van der Waals surface area contributed by atoms with E-state index >= 15 is 0 Å². The van der Waals surface area contributed by atoms with Crippen LogP contribution in [-0.4, -0.2) is 85.9 Å². The number of anilines is 1. The summed E-state index contributed by atoms with van der Waals surface area (Å²) >= 11 is 0. The quantitative estimate of drug-likeness (QED) is 0.234. The maximum absolute atomic E-state index is 14.3. The number of rotatable bonds is 6. The molecule has 4 N–H and O–H groups in total. The number of likely N-dealkylation sites (N-methyl/N-ethyl adjacent to an activating group) is 1. The number of carboxylic acid groups (broad SMARTS) is 1. The summed E-state index contributed by atoms with van der Waals surface area (Å²) < 4.78 is 21.9. The van der Waals surface area contributed by atoms with Crippen molar-refractivity contribution in [1.82, 2.24) is 29.5 Å². The summed E-state index contributed by atoms with van der Waals surface area (Å²) in [5.41, 5.74) is 8.35. The van der Waals surface area contributed by atoms with Gasteiger partial charge in [0.05, 0.1) is 17.3 Å². The highest BCUT2D eigenvalue weighted by molar-refractivity contribution is 5.99. The van der Waals surface area contributed by atoms with Crippen LogP contribution in [0.3, 0.4) is 0 Å². The van der Waals surface area contributed by atoms with Crippen LogP contribution in [0.1, 0.15) is 30.7 Å². The van der Waals surface area contributed by atoms with Gasteiger partial charge in [-0.05, 0) is 56.6 Å². The molecule has 6 rings (SSSR count). The number of phenolic OH excluding ortho intramolecular Hbond substituents is 1. The summed E-state index contributed by atoms with van der Waals surface area (Å²) in [7, 11) is 3.71. The van der Waals surface area contributed by atoms with Gasteiger partial charge in [0.15, 0.2) is 5.65 Å². The summed E-state index contributed by atoms with van der Waals surface area (Å²) in [4.78, 5) is 46.5. The number of nitrogens with two attached hydrogens (primary N) is 1. The molecular weight excluding hydrogens is 597 g/mol. The minimum Gasteiger partial charge on any atom is -0.508 e. The van der Waals surface area contributed by atoms with Crippen LogP contribution >= 0.6 is 0 Å². The largest absolute Gasteiger partial charge is 0.508 e. The number of hydrogen-bond acceptors (Lipinski definition) is 10. The number of carbonyl (C=O) groups is 2. The maximum atomic E-state index is 14.3. The summed E-state index contributed by atoms with van der Waals surface area (Å²) in [6.07, 6.45) is 3.85. The van der Waals surface area contributed by atoms with Crippen molar-refractivity contribution in [3.05, 3.63) is 82.4 Å². The van der Waals surface area contributed by atoms with Crippen molar-refractivity contribution < 1.29 is 28.6 Å². The van der Waals surface area contributed by atoms with Gasteiger partial charge in [-0.2, -0.15) is 5.10 Å². The summed E-state index contributed by atoms with van der Waals surface area (Å²) in [6.45, 7) is 2.83. The number of nitrogen functional groups attached to an aromatic ring is 1. The van der Waals surface area contributed by atoms with Crippen LogP contribution in [-0.2, 0) is 9.59 Å². The molecule has 2 aromatic carbocycles. The second-order valence-electron chi connectivity index (χ2n) is 11.0. The molecule has 1 aliphatic heterocycles. The summed E-state index contributed by atoms with van der Waals surface area (Å²) in [5, 5.41) is 23.3. The third-order valence-electron chi connectivity index (χ3n) is 7.62. The van der Waals surface area contributed by atoms with Gasteiger partial charge in [-0.25, -0.2) is 23.8 Å². The first-order valence-corrected chi connectivity index (χ1v) is 14.3. The molecule has 0 spiro atoms. The van der Waals surface area contributed by atoms with Gasteiger partial charge < -0.3 is 30.2 Å². The minimum atomic E-state index is -0.672. The Morgan fingerprint density at radius 3 is 2.57 bits per heavy atom. The Kier molecular flexibility index (Phi) is 9.09. The Labute approximate surface area is 262 Å². The van der Waals surface area contributed by atoms with E-state index in [0.717, 1.165) is 22.6 Å². The molecule has 14 heteroatoms. The van der Waals surface area contributed by atoms with Crippen LogP contribution in [0.2, 0.25) is 0 Å². The molecule has 5 aromatic rings. The van der Waals surface area contributed by atoms with Crippen molar-refractivity contribution in [1.29, 1.82) is 0 Å². The Balaban J connectivity index is 0.00000134. The van der Waals surface area contributed by atoms with E-state index < -0.39 is 17.5 Å². The van der Waals surface area contributed by atoms with Gasteiger partial charge in [0.25, 0.3) is 6.47 Å². The van der Waals surface area contributed by atoms with Crippen molar-refractivity contribution in [3.63, 3.8) is 0 Å². The number of carbonyl (C=O) groups excluding carboxylic acids is 1. The molecule has 3 aromatic heterocycles. The fourth-order valence-electron chi connectivity index (χ4n) is 5.63. The standard InChI is InChI=1S/C31H30FN7O4.CH2O2/c1-17(39-30-26(29(33)34-16-35-30)27(36-39)19-12-20(32)14-21(40)13-19)28-25(22-6-4-5-7-23(22)31(42)43-28)18-8-10-38(11-9-18)24(41)15-37(2)3;2-1-3/h4-8,12-14,16-17,40H,9-11,15H2,1-3H3,(H2,33,34,35);1H,(H,2,3). The number of amides is 1. The highest BCUT2D eigenvalue weighted by Crippen LogP contribution is 2.38. The van der Waals surface area contributed by atoms with E-state index in [9.17, 15) is 19.1 Å². The average Bonchev–Trinajstić information content (AvgIpc) is 3.42. The van der Waals surface area contributed by atoms with E-state index in [0.29, 0.717) is 48.2 Å². The second-order valence-corrected chi connectivity index (χ2v) is 11.0. The van der Waals surface area contributed by atoms with E-state index in [-0.39, 0.29) is 35.2 Å². The highest BCUT2D eigenvalue weighted by atomic mass is 19.1. The number of hydrogen-bond donors (Lipinski definition) is 3. The lowest BCUT2D eigenvalue weighted by atomic mass is 9.92. The molecule has 0 aliphatic carbocycles. The maximum Gasteiger partial charge on any atom is 0.343 e. The van der Waals surface area contributed by atoms with Crippen LogP contribution in [0, 0.1) is 5.82 Å². The zero-order chi connectivity index (χ0) is 33.1. The van der Waals surface area contributed by atoms with Gasteiger partial charge in [-0.1, -0.05) is 24.3 Å². The van der Waals surface area contributed by atoms with Crippen LogP contribution in [0.5, 0.6) is 5.75 Å². The normalized spacial score (nSPS) is 13.8. The van der Waals surface area contributed by atoms with Crippen LogP contribution in [0.25, 0.3) is 38.6 Å². The third kappa shape index (κ3) is 6.15. The first-order valence-electron chi connectivity index (χ1n) is 14.3. The highest BCUT2D eigenvalue weighted by Gasteiger charge is 2.29. The minimum absolute atomic E-state index is 0.0366. The Bertz CT molecular complexity index is 2020. The van der Waals surface area contributed by atoms with Gasteiger partial charge in [0.2, 0.25) is 5.91 Å². The second kappa shape index (κ2) is 13.2. The SMILES string of the molecule is CC(c1oc(=O)c2ccccc2c1C1=CCN(C(=O)CN(C)C)CC1)n1nc(-c2cc(O)cc(F)c2)c2c(N)ncnc21.O=CO. The Hall–Kier alpha value is -5.63. The topological polar surface area (TPSA) is 181 Å². The number of phenols is 1. The smallest absolute Gasteiger partial charge is 0.343 e. The average molecular weight is 630 g/mol. The van der Waals surface area contributed by atoms with Crippen LogP contribution in [0.15, 0.2) is 64.1 Å². The first-order chi connectivity index (χ1) is 22.0. The van der Waals surface area contributed by atoms with Crippen molar-refractivity contribution >= 4 is 45.6 Å². The number of benzene rings is 2. The van der Waals surface area contributed by atoms with Gasteiger partial charge in [0, 0.05) is 30.3 Å². The van der Waals surface area contributed by atoms with Crippen molar-refractivity contribution in [2.24, 2.45) is 0 Å². The van der Waals surface area contributed by atoms with Crippen molar-refractivity contribution in [3.8, 4) is 17.0 Å². The lowest BCUT2D eigenvalue weighted by molar-refractivity contribution is -0.131. The molecule has 238 valence electrons. The van der Waals surface area contributed by atoms with Crippen LogP contribution in [0.4, 0.5) is 10.2 Å². The molecule has 4 heterocycles. The number of aromatic hydroxyl groups is 1. The van der Waals surface area contributed by atoms with Crippen molar-refractivity contribution in [2.45, 2.75) is 19.4 Å². The zero-order valence-corrected chi connectivity index (χ0v) is 25.3. The van der Waals surface area contributed by atoms with E-state index in [1.54, 1.807) is 21.7 Å². The lowest BCUT2D eigenvalue weighted by Gasteiger charge is -2.29. The molecule has 1 atom stereocenters. The number of nitrogens with zero attached hydrogens (tertiary/aromatic N) is 6. The van der Waals surface area contributed by atoms with Crippen LogP contribution < -0.4 is 11.4 Å². The van der Waals surface area contributed by atoms with Gasteiger partial charge in [-0.15, -0.1) is 0 Å². The molecule has 0 radical (unpaired) electrons. The molecular formula is C32H32FN7O6. The number of fused-ring (bicyclic) bond motifs is 2. The molecule has 0 saturated heterocycles. The third-order valence-corrected chi connectivity index (χ3v) is 7.62. The van der Waals surface area contributed by atoms with E-state index in [1.165, 1.54) is 18.5 Å². The molecule has 1 aliphatic rings. The molecule has 0 bridgehead atoms. The lowest BCUT2D eigenvalue weighted by Crippen LogP contribution is -2.40. The van der Waals surface area contributed by atoms with Crippen molar-refractivity contribution in [2.75, 3.05) is 39.5 Å². The van der Waals surface area contributed by atoms with E-state index in [2.05, 4.69) is 9.97 Å². The molecule has 0 saturated carbocycles. The predicted molar refractivity (Wildman–Crippen MR) is 170 cm³/mol. The molecule has 1 unspecified atom stereocenters. The summed E-state index contributed by atoms with van der Waals surface area (Å²) in [5.74, 6) is -0.398. The van der Waals surface area contributed by atoms with Gasteiger partial charge in [0.1, 0.15) is 41.2 Å². The molecule has 13 nitrogen and oxygen atoms in total. The fraction of sp³-hybridized carbons (Fsp3) is 0.250. The van der Waals surface area contributed by atoms with Gasteiger partial charge >= 0.3 is 5.63 Å². The van der Waals surface area contributed by atoms with E-state index in [1.807, 2.05) is 44.1 Å². The number of halogens is 1. The Morgan fingerprint density at radius 1 is 1.20 bits per heavy atom. The fourth-order valence-corrected chi connectivity index (χ4v) is 5.63. The molecule has 46 heavy (non-hydrogen) atoms. The first kappa shape index (κ1) is 31.8. The predicted octanol–water partition coefficient (Wildman–Crippen LogP) is 3.51. The number of aromatic nitrogens is 4. The zero-order valence-electron chi connectivity index (χ0n) is 25.3. The monoisotopic (exact) mass is 629 g/mol. The molecule has 1 amide bonds. The Morgan fingerprint density at radius 2 is 1.91 bits per heavy atom. The van der Waals surface area contributed by atoms with E-state index in [4.69, 9.17) is 25.2 Å². The van der Waals surface area contributed by atoms with Gasteiger partial charge in [-0.3, -0.25) is 9.59 Å². The summed E-state index contributed by atoms with van der Waals surface area (Å²) in [6, 6.07) is 10.2. The molecule has 0 fully saturated rings.